The van der Waals surface area contributed by atoms with Gasteiger partial charge in [-0.15, -0.1) is 0 Å². The van der Waals surface area contributed by atoms with E-state index in [4.69, 9.17) is 0 Å². The summed E-state index contributed by atoms with van der Waals surface area (Å²) in [4.78, 5) is 11.7. The van der Waals surface area contributed by atoms with Gasteiger partial charge in [0.1, 0.15) is 0 Å². The van der Waals surface area contributed by atoms with Crippen LogP contribution in [0.3, 0.4) is 0 Å². The van der Waals surface area contributed by atoms with Crippen molar-refractivity contribution in [3.05, 3.63) is 64.6 Å². The van der Waals surface area contributed by atoms with Crippen molar-refractivity contribution in [1.82, 2.24) is 5.32 Å². The number of carbonyl (C=O) groups is 1. The Morgan fingerprint density at radius 2 is 1.68 bits per heavy atom. The second-order valence-corrected chi connectivity index (χ2v) is 5.04. The van der Waals surface area contributed by atoms with Gasteiger partial charge in [-0.25, -0.2) is 4.79 Å². The molecular weight excluding hydrogens is 304 g/mol. The molecule has 2 aromatic rings. The van der Waals surface area contributed by atoms with Gasteiger partial charge in [-0.2, -0.15) is 0 Å². The molecule has 0 saturated carbocycles. The third-order valence-corrected chi connectivity index (χ3v) is 3.17. The average Bonchev–Trinajstić information content (AvgIpc) is 2.43. The van der Waals surface area contributed by atoms with E-state index in [-0.39, 0.29) is 6.03 Å². The van der Waals surface area contributed by atoms with Gasteiger partial charge >= 0.3 is 6.03 Å². The van der Waals surface area contributed by atoms with Crippen LogP contribution in [0.5, 0.6) is 0 Å². The van der Waals surface area contributed by atoms with E-state index in [0.29, 0.717) is 6.54 Å². The average molecular weight is 319 g/mol. The molecule has 2 aromatic carbocycles. The van der Waals surface area contributed by atoms with E-state index in [2.05, 4.69) is 26.6 Å². The van der Waals surface area contributed by atoms with Gasteiger partial charge in [0.25, 0.3) is 0 Å². The predicted octanol–water partition coefficient (Wildman–Crippen LogP) is 3.81. The fourth-order valence-electron chi connectivity index (χ4n) is 1.67. The van der Waals surface area contributed by atoms with E-state index in [9.17, 15) is 4.79 Å². The number of urea groups is 1. The minimum atomic E-state index is -0.182. The Labute approximate surface area is 121 Å². The highest BCUT2D eigenvalue weighted by Crippen LogP contribution is 2.13. The fraction of sp³-hybridized carbons (Fsp3) is 0.133. The number of hydrogen-bond acceptors (Lipinski definition) is 1. The molecule has 0 radical (unpaired) electrons. The number of halogens is 1. The molecule has 0 aliphatic rings. The first-order valence-electron chi connectivity index (χ1n) is 6.08. The highest BCUT2D eigenvalue weighted by molar-refractivity contribution is 9.10. The van der Waals surface area contributed by atoms with Gasteiger partial charge in [0, 0.05) is 16.7 Å². The van der Waals surface area contributed by atoms with Crippen molar-refractivity contribution in [2.75, 3.05) is 11.9 Å². The van der Waals surface area contributed by atoms with Crippen LogP contribution in [0.15, 0.2) is 59.1 Å². The molecule has 0 spiro atoms. The Hall–Kier alpha value is -1.81. The molecular formula is C15H15BrN2O. The number of nitrogens with one attached hydrogen (secondary N) is 2. The first-order chi connectivity index (χ1) is 9.24. The molecule has 98 valence electrons. The van der Waals surface area contributed by atoms with E-state index < -0.39 is 0 Å². The fourth-order valence-corrected chi connectivity index (χ4v) is 1.94. The molecule has 2 rings (SSSR count). The zero-order valence-electron chi connectivity index (χ0n) is 10.4. The Balaban J connectivity index is 1.74. The zero-order valence-corrected chi connectivity index (χ0v) is 12.0. The summed E-state index contributed by atoms with van der Waals surface area (Å²) in [6.07, 6.45) is 0.828. The minimum Gasteiger partial charge on any atom is -0.338 e. The number of amides is 2. The van der Waals surface area contributed by atoms with Crippen molar-refractivity contribution < 1.29 is 4.79 Å². The van der Waals surface area contributed by atoms with Crippen LogP contribution < -0.4 is 10.6 Å². The zero-order chi connectivity index (χ0) is 13.5. The van der Waals surface area contributed by atoms with E-state index >= 15 is 0 Å². The molecule has 2 amide bonds. The third kappa shape index (κ3) is 4.75. The lowest BCUT2D eigenvalue weighted by Gasteiger charge is -2.07. The van der Waals surface area contributed by atoms with E-state index in [1.807, 2.05) is 54.6 Å². The molecule has 0 aliphatic carbocycles. The maximum absolute atomic E-state index is 11.7. The first-order valence-corrected chi connectivity index (χ1v) is 6.88. The van der Waals surface area contributed by atoms with Gasteiger partial charge in [0.05, 0.1) is 0 Å². The summed E-state index contributed by atoms with van der Waals surface area (Å²) < 4.78 is 0.988. The Bertz CT molecular complexity index is 526. The first kappa shape index (κ1) is 13.6. The van der Waals surface area contributed by atoms with Crippen LogP contribution in [-0.4, -0.2) is 12.6 Å². The van der Waals surface area contributed by atoms with Crippen molar-refractivity contribution in [3.63, 3.8) is 0 Å². The molecule has 19 heavy (non-hydrogen) atoms. The summed E-state index contributed by atoms with van der Waals surface area (Å²) in [5.41, 5.74) is 1.99. The van der Waals surface area contributed by atoms with Crippen molar-refractivity contribution >= 4 is 27.6 Å². The number of anilines is 1. The topological polar surface area (TPSA) is 41.1 Å². The molecule has 0 fully saturated rings. The monoisotopic (exact) mass is 318 g/mol. The lowest BCUT2D eigenvalue weighted by Crippen LogP contribution is -2.30. The minimum absolute atomic E-state index is 0.182. The van der Waals surface area contributed by atoms with Crippen molar-refractivity contribution in [3.8, 4) is 0 Å². The Morgan fingerprint density at radius 1 is 1.00 bits per heavy atom. The van der Waals surface area contributed by atoms with Crippen LogP contribution in [0.1, 0.15) is 5.56 Å². The molecule has 0 heterocycles. The van der Waals surface area contributed by atoms with Gasteiger partial charge in [0.15, 0.2) is 0 Å². The van der Waals surface area contributed by atoms with Crippen LogP contribution in [-0.2, 0) is 6.42 Å². The Kier molecular flexibility index (Phi) is 4.98. The summed E-state index contributed by atoms with van der Waals surface area (Å²) >= 11 is 3.35. The molecule has 2 N–H and O–H groups in total. The summed E-state index contributed by atoms with van der Waals surface area (Å²) in [5, 5.41) is 5.62. The number of rotatable bonds is 4. The SMILES string of the molecule is O=C(NCCc1ccccc1)Nc1ccc(Br)cc1. The van der Waals surface area contributed by atoms with Crippen LogP contribution in [0.4, 0.5) is 10.5 Å². The molecule has 0 atom stereocenters. The summed E-state index contributed by atoms with van der Waals surface area (Å²) in [5.74, 6) is 0. The van der Waals surface area contributed by atoms with Crippen LogP contribution in [0, 0.1) is 0 Å². The quantitative estimate of drug-likeness (QED) is 0.884. The van der Waals surface area contributed by atoms with Gasteiger partial charge in [0.2, 0.25) is 0 Å². The smallest absolute Gasteiger partial charge is 0.319 e. The molecule has 0 bridgehead atoms. The van der Waals surface area contributed by atoms with Crippen molar-refractivity contribution in [1.29, 1.82) is 0 Å². The van der Waals surface area contributed by atoms with E-state index in [1.165, 1.54) is 5.56 Å². The molecule has 4 heteroatoms. The number of benzene rings is 2. The highest BCUT2D eigenvalue weighted by Gasteiger charge is 2.00. The molecule has 3 nitrogen and oxygen atoms in total. The standard InChI is InChI=1S/C15H15BrN2O/c16-13-6-8-14(9-7-13)18-15(19)17-11-10-12-4-2-1-3-5-12/h1-9H,10-11H2,(H2,17,18,19). The normalized spacial score (nSPS) is 9.95. The number of hydrogen-bond donors (Lipinski definition) is 2. The van der Waals surface area contributed by atoms with Gasteiger partial charge in [-0.1, -0.05) is 46.3 Å². The molecule has 0 unspecified atom stereocenters. The summed E-state index contributed by atoms with van der Waals surface area (Å²) in [6, 6.07) is 17.4. The van der Waals surface area contributed by atoms with E-state index in [1.54, 1.807) is 0 Å². The summed E-state index contributed by atoms with van der Waals surface area (Å²) in [7, 11) is 0. The molecule has 0 aromatic heterocycles. The van der Waals surface area contributed by atoms with E-state index in [0.717, 1.165) is 16.6 Å². The molecule has 0 saturated heterocycles. The maximum Gasteiger partial charge on any atom is 0.319 e. The highest BCUT2D eigenvalue weighted by atomic mass is 79.9. The van der Waals surface area contributed by atoms with Crippen LogP contribution >= 0.6 is 15.9 Å². The maximum atomic E-state index is 11.7. The predicted molar refractivity (Wildman–Crippen MR) is 81.3 cm³/mol. The van der Waals surface area contributed by atoms with Gasteiger partial charge < -0.3 is 10.6 Å². The second kappa shape index (κ2) is 6.95. The Morgan fingerprint density at radius 3 is 2.37 bits per heavy atom. The second-order valence-electron chi connectivity index (χ2n) is 4.12. The summed E-state index contributed by atoms with van der Waals surface area (Å²) in [6.45, 7) is 0.617. The van der Waals surface area contributed by atoms with Gasteiger partial charge in [-0.3, -0.25) is 0 Å². The number of carbonyl (C=O) groups excluding carboxylic acids is 1. The lowest BCUT2D eigenvalue weighted by atomic mass is 10.1. The third-order valence-electron chi connectivity index (χ3n) is 2.64. The van der Waals surface area contributed by atoms with Crippen LogP contribution in [0.2, 0.25) is 0 Å². The van der Waals surface area contributed by atoms with Crippen LogP contribution in [0.25, 0.3) is 0 Å². The lowest BCUT2D eigenvalue weighted by molar-refractivity contribution is 0.252. The van der Waals surface area contributed by atoms with Crippen molar-refractivity contribution in [2.24, 2.45) is 0 Å². The largest absolute Gasteiger partial charge is 0.338 e. The van der Waals surface area contributed by atoms with Gasteiger partial charge in [-0.05, 0) is 36.2 Å². The molecule has 0 aliphatic heterocycles. The van der Waals surface area contributed by atoms with Crippen molar-refractivity contribution in [2.45, 2.75) is 6.42 Å².